The fraction of sp³-hybridized carbons (Fsp3) is 0.400. The van der Waals surface area contributed by atoms with Crippen molar-refractivity contribution in [3.8, 4) is 11.1 Å². The molecule has 0 amide bonds. The summed E-state index contributed by atoms with van der Waals surface area (Å²) in [6.07, 6.45) is 6.81. The van der Waals surface area contributed by atoms with Gasteiger partial charge in [-0.1, -0.05) is 6.92 Å². The number of aryl methyl sites for hydroxylation is 1. The molecular weight excluding hydrogens is 250 g/mol. The van der Waals surface area contributed by atoms with E-state index in [0.29, 0.717) is 5.82 Å². The van der Waals surface area contributed by atoms with Crippen LogP contribution in [-0.4, -0.2) is 28.0 Å². The zero-order chi connectivity index (χ0) is 13.9. The molecule has 3 rings (SSSR count). The lowest BCUT2D eigenvalue weighted by Crippen LogP contribution is -2.20. The molecule has 0 spiro atoms. The van der Waals surface area contributed by atoms with Crippen LogP contribution in [0.15, 0.2) is 24.7 Å². The molecule has 0 atom stereocenters. The molecule has 5 heteroatoms. The second kappa shape index (κ2) is 5.45. The van der Waals surface area contributed by atoms with E-state index in [1.165, 1.54) is 12.8 Å². The lowest BCUT2D eigenvalue weighted by atomic mass is 10.0. The Balaban J connectivity index is 2.12. The number of hydrogen-bond acceptors (Lipinski definition) is 5. The minimum atomic E-state index is 0.534. The van der Waals surface area contributed by atoms with Crippen LogP contribution in [0.3, 0.4) is 0 Å². The summed E-state index contributed by atoms with van der Waals surface area (Å²) in [7, 11) is 0. The lowest BCUT2D eigenvalue weighted by molar-refractivity contribution is 0.909. The van der Waals surface area contributed by atoms with Gasteiger partial charge in [0.2, 0.25) is 0 Å². The van der Waals surface area contributed by atoms with Crippen LogP contribution in [0.5, 0.6) is 0 Å². The Hall–Kier alpha value is -2.17. The number of rotatable bonds is 3. The van der Waals surface area contributed by atoms with E-state index in [1.54, 1.807) is 6.33 Å². The predicted molar refractivity (Wildman–Crippen MR) is 80.5 cm³/mol. The molecule has 1 fully saturated rings. The molecule has 0 bridgehead atoms. The Morgan fingerprint density at radius 2 is 1.95 bits per heavy atom. The van der Waals surface area contributed by atoms with Crippen molar-refractivity contribution in [2.24, 2.45) is 0 Å². The van der Waals surface area contributed by atoms with Gasteiger partial charge >= 0.3 is 0 Å². The molecule has 20 heavy (non-hydrogen) atoms. The van der Waals surface area contributed by atoms with Gasteiger partial charge in [0.15, 0.2) is 0 Å². The standard InChI is InChI=1S/C15H19N5/c1-2-12-14(11-5-6-13(16)17-9-11)15(19-10-18-12)20-7-3-4-8-20/h5-6,9-10H,2-4,7-8H2,1H3,(H2,16,17). The van der Waals surface area contributed by atoms with E-state index in [9.17, 15) is 0 Å². The molecular formula is C15H19N5. The zero-order valence-electron chi connectivity index (χ0n) is 11.7. The minimum Gasteiger partial charge on any atom is -0.384 e. The smallest absolute Gasteiger partial charge is 0.140 e. The summed E-state index contributed by atoms with van der Waals surface area (Å²) in [6, 6.07) is 3.83. The fourth-order valence-electron chi connectivity index (χ4n) is 2.70. The molecule has 0 aromatic carbocycles. The maximum absolute atomic E-state index is 5.68. The quantitative estimate of drug-likeness (QED) is 0.926. The first-order chi connectivity index (χ1) is 9.79. The lowest BCUT2D eigenvalue weighted by Gasteiger charge is -2.21. The number of nitrogens with two attached hydrogens (primary N) is 1. The largest absolute Gasteiger partial charge is 0.384 e. The van der Waals surface area contributed by atoms with Crippen LogP contribution in [-0.2, 0) is 6.42 Å². The van der Waals surface area contributed by atoms with Gasteiger partial charge in [0, 0.05) is 30.4 Å². The van der Waals surface area contributed by atoms with Crippen LogP contribution in [0, 0.1) is 0 Å². The fourth-order valence-corrected chi connectivity index (χ4v) is 2.70. The van der Waals surface area contributed by atoms with E-state index in [2.05, 4.69) is 26.8 Å². The highest BCUT2D eigenvalue weighted by molar-refractivity contribution is 5.78. The van der Waals surface area contributed by atoms with Crippen molar-refractivity contribution in [1.29, 1.82) is 0 Å². The van der Waals surface area contributed by atoms with E-state index in [1.807, 2.05) is 18.3 Å². The molecule has 0 radical (unpaired) electrons. The average Bonchev–Trinajstić information content (AvgIpc) is 3.01. The van der Waals surface area contributed by atoms with Gasteiger partial charge in [-0.3, -0.25) is 0 Å². The van der Waals surface area contributed by atoms with Gasteiger partial charge in [-0.25, -0.2) is 15.0 Å². The molecule has 2 aromatic rings. The van der Waals surface area contributed by atoms with Crippen molar-refractivity contribution in [3.05, 3.63) is 30.4 Å². The maximum atomic E-state index is 5.68. The molecule has 0 aliphatic carbocycles. The summed E-state index contributed by atoms with van der Waals surface area (Å²) < 4.78 is 0. The van der Waals surface area contributed by atoms with Crippen LogP contribution in [0.25, 0.3) is 11.1 Å². The van der Waals surface area contributed by atoms with Crippen LogP contribution < -0.4 is 10.6 Å². The van der Waals surface area contributed by atoms with Gasteiger partial charge in [0.05, 0.1) is 5.69 Å². The number of nitrogen functional groups attached to an aromatic ring is 1. The van der Waals surface area contributed by atoms with Crippen LogP contribution >= 0.6 is 0 Å². The molecule has 0 unspecified atom stereocenters. The highest BCUT2D eigenvalue weighted by Gasteiger charge is 2.20. The van der Waals surface area contributed by atoms with Gasteiger partial charge in [0.1, 0.15) is 18.0 Å². The van der Waals surface area contributed by atoms with Crippen molar-refractivity contribution in [1.82, 2.24) is 15.0 Å². The van der Waals surface area contributed by atoms with E-state index in [-0.39, 0.29) is 0 Å². The first kappa shape index (κ1) is 12.8. The second-order valence-electron chi connectivity index (χ2n) is 5.04. The first-order valence-electron chi connectivity index (χ1n) is 7.10. The molecule has 1 aliphatic heterocycles. The summed E-state index contributed by atoms with van der Waals surface area (Å²) in [5.41, 5.74) is 8.89. The molecule has 104 valence electrons. The molecule has 1 saturated heterocycles. The molecule has 3 heterocycles. The van der Waals surface area contributed by atoms with Crippen LogP contribution in [0.2, 0.25) is 0 Å². The van der Waals surface area contributed by atoms with Crippen LogP contribution in [0.1, 0.15) is 25.5 Å². The number of hydrogen-bond donors (Lipinski definition) is 1. The highest BCUT2D eigenvalue weighted by atomic mass is 15.2. The third kappa shape index (κ3) is 2.31. The normalized spacial score (nSPS) is 14.8. The Morgan fingerprint density at radius 1 is 1.15 bits per heavy atom. The third-order valence-electron chi connectivity index (χ3n) is 3.72. The predicted octanol–water partition coefficient (Wildman–Crippen LogP) is 2.28. The van der Waals surface area contributed by atoms with Gasteiger partial charge in [-0.2, -0.15) is 0 Å². The van der Waals surface area contributed by atoms with E-state index >= 15 is 0 Å². The minimum absolute atomic E-state index is 0.534. The SMILES string of the molecule is CCc1ncnc(N2CCCC2)c1-c1ccc(N)nc1. The van der Waals surface area contributed by atoms with Crippen molar-refractivity contribution in [3.63, 3.8) is 0 Å². The van der Waals surface area contributed by atoms with Crippen molar-refractivity contribution in [2.75, 3.05) is 23.7 Å². The van der Waals surface area contributed by atoms with Crippen LogP contribution in [0.4, 0.5) is 11.6 Å². The van der Waals surface area contributed by atoms with E-state index in [0.717, 1.165) is 42.1 Å². The first-order valence-corrected chi connectivity index (χ1v) is 7.10. The summed E-state index contributed by atoms with van der Waals surface area (Å²) in [6.45, 7) is 4.25. The zero-order valence-corrected chi connectivity index (χ0v) is 11.7. The van der Waals surface area contributed by atoms with Crippen molar-refractivity contribution in [2.45, 2.75) is 26.2 Å². The summed E-state index contributed by atoms with van der Waals surface area (Å²) in [5, 5.41) is 0. The van der Waals surface area contributed by atoms with Gasteiger partial charge in [-0.05, 0) is 31.4 Å². The molecule has 2 N–H and O–H groups in total. The maximum Gasteiger partial charge on any atom is 0.140 e. The summed E-state index contributed by atoms with van der Waals surface area (Å²) in [4.78, 5) is 15.5. The molecule has 5 nitrogen and oxygen atoms in total. The Morgan fingerprint density at radius 3 is 2.60 bits per heavy atom. The molecule has 0 saturated carbocycles. The second-order valence-corrected chi connectivity index (χ2v) is 5.04. The summed E-state index contributed by atoms with van der Waals surface area (Å²) >= 11 is 0. The molecule has 1 aliphatic rings. The Labute approximate surface area is 118 Å². The Bertz CT molecular complexity index is 588. The monoisotopic (exact) mass is 269 g/mol. The number of aromatic nitrogens is 3. The third-order valence-corrected chi connectivity index (χ3v) is 3.72. The number of pyridine rings is 1. The Kier molecular flexibility index (Phi) is 3.50. The van der Waals surface area contributed by atoms with E-state index < -0.39 is 0 Å². The van der Waals surface area contributed by atoms with Crippen molar-refractivity contribution < 1.29 is 0 Å². The topological polar surface area (TPSA) is 67.9 Å². The van der Waals surface area contributed by atoms with Gasteiger partial charge in [0.25, 0.3) is 0 Å². The van der Waals surface area contributed by atoms with Gasteiger partial charge < -0.3 is 10.6 Å². The summed E-state index contributed by atoms with van der Waals surface area (Å²) in [5.74, 6) is 1.56. The number of nitrogens with zero attached hydrogens (tertiary/aromatic N) is 4. The number of anilines is 2. The van der Waals surface area contributed by atoms with E-state index in [4.69, 9.17) is 5.73 Å². The van der Waals surface area contributed by atoms with Gasteiger partial charge in [-0.15, -0.1) is 0 Å². The molecule has 2 aromatic heterocycles. The van der Waals surface area contributed by atoms with Crippen molar-refractivity contribution >= 4 is 11.6 Å². The highest BCUT2D eigenvalue weighted by Crippen LogP contribution is 2.33. The average molecular weight is 269 g/mol.